The van der Waals surface area contributed by atoms with E-state index in [9.17, 15) is 0 Å². The summed E-state index contributed by atoms with van der Waals surface area (Å²) in [4.78, 5) is 0. The van der Waals surface area contributed by atoms with Crippen LogP contribution in [0.2, 0.25) is 0 Å². The molecule has 0 aromatic rings. The van der Waals surface area contributed by atoms with Crippen LogP contribution in [0.15, 0.2) is 11.1 Å². The fraction of sp³-hybridized carbons (Fsp3) is 0.900. The minimum absolute atomic E-state index is 0.789. The SMILES string of the molecule is C1CCC2(CC1)C(=C1C3(CCCCC3)C13CC3)C21CC1. The van der Waals surface area contributed by atoms with E-state index < -0.39 is 0 Å². The molecular formula is C20H28. The Bertz CT molecular complexity index is 466. The van der Waals surface area contributed by atoms with Crippen molar-refractivity contribution < 1.29 is 0 Å². The first kappa shape index (κ1) is 11.3. The summed E-state index contributed by atoms with van der Waals surface area (Å²) in [6.45, 7) is 0. The summed E-state index contributed by atoms with van der Waals surface area (Å²) in [7, 11) is 0. The molecule has 6 aliphatic carbocycles. The Morgan fingerprint density at radius 2 is 0.650 bits per heavy atom. The third kappa shape index (κ3) is 0.966. The number of allylic oxidation sites excluding steroid dienone is 2. The van der Waals surface area contributed by atoms with Crippen LogP contribution in [0.25, 0.3) is 0 Å². The van der Waals surface area contributed by atoms with Crippen LogP contribution in [0.3, 0.4) is 0 Å². The van der Waals surface area contributed by atoms with Gasteiger partial charge in [-0.1, -0.05) is 49.7 Å². The van der Waals surface area contributed by atoms with Crippen LogP contribution in [-0.4, -0.2) is 0 Å². The van der Waals surface area contributed by atoms with Crippen molar-refractivity contribution in [3.8, 4) is 0 Å². The van der Waals surface area contributed by atoms with Crippen LogP contribution in [0, 0.1) is 21.7 Å². The van der Waals surface area contributed by atoms with E-state index >= 15 is 0 Å². The molecule has 6 saturated carbocycles. The predicted molar refractivity (Wildman–Crippen MR) is 81.4 cm³/mol. The Labute approximate surface area is 123 Å². The fourth-order valence-electron chi connectivity index (χ4n) is 7.70. The van der Waals surface area contributed by atoms with Crippen LogP contribution in [0.5, 0.6) is 0 Å². The van der Waals surface area contributed by atoms with Gasteiger partial charge in [-0.2, -0.15) is 0 Å². The molecule has 4 spiro atoms. The lowest BCUT2D eigenvalue weighted by atomic mass is 9.81. The molecule has 0 aromatic carbocycles. The Morgan fingerprint density at radius 3 is 0.950 bits per heavy atom. The second-order valence-electron chi connectivity index (χ2n) is 9.20. The molecule has 0 atom stereocenters. The minimum Gasteiger partial charge on any atom is -0.0557 e. The van der Waals surface area contributed by atoms with Crippen molar-refractivity contribution in [2.24, 2.45) is 21.7 Å². The largest absolute Gasteiger partial charge is 0.0557 e. The lowest BCUT2D eigenvalue weighted by Crippen LogP contribution is -2.11. The van der Waals surface area contributed by atoms with E-state index in [1.54, 1.807) is 77.0 Å². The topological polar surface area (TPSA) is 0 Å². The second kappa shape index (κ2) is 3.08. The van der Waals surface area contributed by atoms with Gasteiger partial charge in [-0.05, 0) is 51.4 Å². The lowest BCUT2D eigenvalue weighted by molar-refractivity contribution is 0.305. The van der Waals surface area contributed by atoms with Gasteiger partial charge in [0.05, 0.1) is 0 Å². The van der Waals surface area contributed by atoms with Crippen molar-refractivity contribution >= 4 is 0 Å². The molecule has 0 N–H and O–H groups in total. The number of hydrogen-bond acceptors (Lipinski definition) is 0. The normalized spacial score (nSPS) is 43.2. The van der Waals surface area contributed by atoms with Crippen molar-refractivity contribution in [1.29, 1.82) is 0 Å². The van der Waals surface area contributed by atoms with Gasteiger partial charge in [-0.3, -0.25) is 0 Å². The van der Waals surface area contributed by atoms with Crippen molar-refractivity contribution in [2.45, 2.75) is 89.9 Å². The van der Waals surface area contributed by atoms with Gasteiger partial charge in [0.25, 0.3) is 0 Å². The lowest BCUT2D eigenvalue weighted by Gasteiger charge is -2.23. The van der Waals surface area contributed by atoms with E-state index in [0.717, 1.165) is 21.7 Å². The zero-order valence-corrected chi connectivity index (χ0v) is 12.9. The third-order valence-corrected chi connectivity index (χ3v) is 8.79. The zero-order valence-electron chi connectivity index (χ0n) is 12.9. The average molecular weight is 268 g/mol. The van der Waals surface area contributed by atoms with Crippen molar-refractivity contribution in [1.82, 2.24) is 0 Å². The van der Waals surface area contributed by atoms with Crippen LogP contribution < -0.4 is 0 Å². The highest BCUT2D eigenvalue weighted by atomic mass is 14.9. The van der Waals surface area contributed by atoms with Crippen LogP contribution in [-0.2, 0) is 0 Å². The zero-order chi connectivity index (χ0) is 13.1. The Kier molecular flexibility index (Phi) is 1.75. The van der Waals surface area contributed by atoms with Gasteiger partial charge < -0.3 is 0 Å². The van der Waals surface area contributed by atoms with Gasteiger partial charge in [0.1, 0.15) is 0 Å². The Morgan fingerprint density at radius 1 is 0.350 bits per heavy atom. The first-order valence-corrected chi connectivity index (χ1v) is 9.58. The summed E-state index contributed by atoms with van der Waals surface area (Å²) in [5, 5.41) is 0. The van der Waals surface area contributed by atoms with Gasteiger partial charge in [-0.25, -0.2) is 0 Å². The third-order valence-electron chi connectivity index (χ3n) is 8.79. The molecule has 0 unspecified atom stereocenters. The molecule has 0 bridgehead atoms. The van der Waals surface area contributed by atoms with Crippen LogP contribution in [0.4, 0.5) is 0 Å². The van der Waals surface area contributed by atoms with Crippen molar-refractivity contribution in [3.63, 3.8) is 0 Å². The molecule has 0 saturated heterocycles. The summed E-state index contributed by atoms with van der Waals surface area (Å²) in [5.41, 5.74) is 7.47. The molecule has 0 heteroatoms. The molecule has 108 valence electrons. The second-order valence-corrected chi connectivity index (χ2v) is 9.20. The quantitative estimate of drug-likeness (QED) is 0.489. The van der Waals surface area contributed by atoms with Gasteiger partial charge >= 0.3 is 0 Å². The number of fused-ring (bicyclic) bond motifs is 2. The maximum absolute atomic E-state index is 2.13. The van der Waals surface area contributed by atoms with Gasteiger partial charge in [0.2, 0.25) is 0 Å². The molecule has 0 radical (unpaired) electrons. The predicted octanol–water partition coefficient (Wildman–Crippen LogP) is 5.77. The standard InChI is InChI=1S/C20H28/c1-3-7-17(8-4-1)15(19(17)11-12-19)16-18(20(16)13-14-20)9-5-2-6-10-18/h1-14H2. The molecule has 6 fully saturated rings. The van der Waals surface area contributed by atoms with E-state index in [0.29, 0.717) is 0 Å². The fourth-order valence-corrected chi connectivity index (χ4v) is 7.70. The smallest absolute Gasteiger partial charge is 0.00154 e. The maximum Gasteiger partial charge on any atom is 0.00154 e. The van der Waals surface area contributed by atoms with Gasteiger partial charge in [-0.15, -0.1) is 0 Å². The van der Waals surface area contributed by atoms with E-state index in [4.69, 9.17) is 0 Å². The molecule has 0 amide bonds. The van der Waals surface area contributed by atoms with E-state index in [1.807, 2.05) is 0 Å². The van der Waals surface area contributed by atoms with Crippen LogP contribution >= 0.6 is 0 Å². The monoisotopic (exact) mass is 268 g/mol. The highest BCUT2D eigenvalue weighted by molar-refractivity contribution is 5.66. The Balaban J connectivity index is 1.47. The average Bonchev–Trinajstić information content (AvgIpc) is 3.38. The van der Waals surface area contributed by atoms with Crippen molar-refractivity contribution in [3.05, 3.63) is 11.1 Å². The van der Waals surface area contributed by atoms with Gasteiger partial charge in [0.15, 0.2) is 0 Å². The number of rotatable bonds is 0. The van der Waals surface area contributed by atoms with E-state index in [2.05, 4.69) is 11.1 Å². The molecule has 0 aromatic heterocycles. The molecule has 0 nitrogen and oxygen atoms in total. The summed E-state index contributed by atoms with van der Waals surface area (Å²) in [6.07, 6.45) is 21.9. The van der Waals surface area contributed by atoms with Crippen molar-refractivity contribution in [2.75, 3.05) is 0 Å². The highest BCUT2D eigenvalue weighted by Gasteiger charge is 2.86. The molecule has 6 aliphatic rings. The summed E-state index contributed by atoms with van der Waals surface area (Å²) >= 11 is 0. The molecule has 20 heavy (non-hydrogen) atoms. The highest BCUT2D eigenvalue weighted by Crippen LogP contribution is 2.96. The maximum atomic E-state index is 2.13. The van der Waals surface area contributed by atoms with Crippen LogP contribution in [0.1, 0.15) is 89.9 Å². The summed E-state index contributed by atoms with van der Waals surface area (Å²) in [6, 6.07) is 0. The first-order valence-electron chi connectivity index (χ1n) is 9.58. The Hall–Kier alpha value is -0.260. The first-order chi connectivity index (χ1) is 9.82. The minimum atomic E-state index is 0.789. The summed E-state index contributed by atoms with van der Waals surface area (Å²) in [5.74, 6) is 0. The summed E-state index contributed by atoms with van der Waals surface area (Å²) < 4.78 is 0. The van der Waals surface area contributed by atoms with E-state index in [-0.39, 0.29) is 0 Å². The van der Waals surface area contributed by atoms with E-state index in [1.165, 1.54) is 12.8 Å². The molecule has 6 rings (SSSR count). The molecular weight excluding hydrogens is 240 g/mol. The number of hydrogen-bond donors (Lipinski definition) is 0. The molecule has 0 heterocycles. The van der Waals surface area contributed by atoms with Gasteiger partial charge in [0, 0.05) is 21.7 Å². The molecule has 0 aliphatic heterocycles.